The molecule has 2 heterocycles. The Hall–Kier alpha value is -2.75. The molecular weight excluding hydrogens is 470 g/mol. The van der Waals surface area contributed by atoms with Crippen LogP contribution in [0.2, 0.25) is 0 Å². The fraction of sp³-hybridized carbons (Fsp3) is 0.519. The van der Waals surface area contributed by atoms with Gasteiger partial charge in [0.25, 0.3) is 0 Å². The Balaban J connectivity index is 1.51. The molecule has 0 aliphatic carbocycles. The largest absolute Gasteiger partial charge is 0.488 e. The maximum atomic E-state index is 13.7. The molecule has 2 aromatic rings. The lowest BCUT2D eigenvalue weighted by Gasteiger charge is -2.47. The molecule has 0 aromatic heterocycles. The van der Waals surface area contributed by atoms with Crippen molar-refractivity contribution in [1.29, 1.82) is 0 Å². The first-order valence-electron chi connectivity index (χ1n) is 12.1. The van der Waals surface area contributed by atoms with Crippen LogP contribution in [0.5, 0.6) is 11.5 Å². The van der Waals surface area contributed by atoms with Crippen molar-refractivity contribution < 1.29 is 32.9 Å². The number of rotatable bonds is 8. The highest BCUT2D eigenvalue weighted by molar-refractivity contribution is 5.73. The van der Waals surface area contributed by atoms with Crippen molar-refractivity contribution >= 4 is 5.91 Å². The van der Waals surface area contributed by atoms with E-state index < -0.39 is 29.4 Å². The Bertz CT molecular complexity index is 1080. The van der Waals surface area contributed by atoms with E-state index >= 15 is 0 Å². The quantitative estimate of drug-likeness (QED) is 0.511. The summed E-state index contributed by atoms with van der Waals surface area (Å²) in [4.78, 5) is 11.8. The second-order valence-electron chi connectivity index (χ2n) is 10.7. The Morgan fingerprint density at radius 3 is 2.47 bits per heavy atom. The van der Waals surface area contributed by atoms with E-state index in [4.69, 9.17) is 14.2 Å². The van der Waals surface area contributed by atoms with Crippen molar-refractivity contribution in [3.8, 4) is 11.5 Å². The van der Waals surface area contributed by atoms with Crippen LogP contribution >= 0.6 is 0 Å². The normalized spacial score (nSPS) is 20.0. The summed E-state index contributed by atoms with van der Waals surface area (Å²) >= 11 is 0. The standard InChI is InChI=1S/C27H34F2N2O5/c1-16(32)31-22(9-17-7-18(28)10-19(29)8-17)24(33)13-30-23-12-27(14-34-15-27)36-25-6-5-20(11-21(23)25)35-26(2,3)4/h5-8,10-11,22-24,30,33H,9,12-15H2,1-4H3,(H,31,32)/t22-,23-,24+/m0/s1. The zero-order valence-electron chi connectivity index (χ0n) is 21.1. The second-order valence-corrected chi connectivity index (χ2v) is 10.7. The van der Waals surface area contributed by atoms with Crippen molar-refractivity contribution in [2.24, 2.45) is 0 Å². The van der Waals surface area contributed by atoms with E-state index in [1.165, 1.54) is 19.1 Å². The molecule has 1 fully saturated rings. The molecule has 1 spiro atoms. The van der Waals surface area contributed by atoms with Crippen LogP contribution in [-0.2, 0) is 16.0 Å². The number of carbonyl (C=O) groups excluding carboxylic acids is 1. The van der Waals surface area contributed by atoms with Gasteiger partial charge in [0, 0.05) is 37.6 Å². The first kappa shape index (κ1) is 26.3. The van der Waals surface area contributed by atoms with Gasteiger partial charge in [0.15, 0.2) is 5.60 Å². The molecule has 4 rings (SSSR count). The van der Waals surface area contributed by atoms with Gasteiger partial charge in [0.2, 0.25) is 5.91 Å². The maximum absolute atomic E-state index is 13.7. The summed E-state index contributed by atoms with van der Waals surface area (Å²) < 4.78 is 45.1. The average molecular weight is 505 g/mol. The third-order valence-corrected chi connectivity index (χ3v) is 6.22. The fourth-order valence-electron chi connectivity index (χ4n) is 4.69. The molecule has 0 unspecified atom stereocenters. The summed E-state index contributed by atoms with van der Waals surface area (Å²) in [5.41, 5.74) is 0.451. The van der Waals surface area contributed by atoms with Gasteiger partial charge in [-0.3, -0.25) is 4.79 Å². The van der Waals surface area contributed by atoms with E-state index in [9.17, 15) is 18.7 Å². The number of carbonyl (C=O) groups is 1. The van der Waals surface area contributed by atoms with E-state index in [2.05, 4.69) is 10.6 Å². The number of hydrogen-bond donors (Lipinski definition) is 3. The molecule has 1 saturated heterocycles. The topological polar surface area (TPSA) is 89.1 Å². The Kier molecular flexibility index (Phi) is 7.54. The molecule has 196 valence electrons. The lowest BCUT2D eigenvalue weighted by molar-refractivity contribution is -0.175. The monoisotopic (exact) mass is 504 g/mol. The molecule has 0 bridgehead atoms. The molecule has 7 nitrogen and oxygen atoms in total. The molecule has 2 aromatic carbocycles. The van der Waals surface area contributed by atoms with Crippen LogP contribution < -0.4 is 20.1 Å². The number of aliphatic hydroxyl groups excluding tert-OH is 1. The van der Waals surface area contributed by atoms with E-state index in [0.29, 0.717) is 30.9 Å². The van der Waals surface area contributed by atoms with E-state index in [0.717, 1.165) is 17.4 Å². The molecule has 0 radical (unpaired) electrons. The van der Waals surface area contributed by atoms with Gasteiger partial charge in [0.1, 0.15) is 28.7 Å². The smallest absolute Gasteiger partial charge is 0.217 e. The molecular formula is C27H34F2N2O5. The minimum Gasteiger partial charge on any atom is -0.488 e. The van der Waals surface area contributed by atoms with Gasteiger partial charge in [-0.2, -0.15) is 0 Å². The van der Waals surface area contributed by atoms with Gasteiger partial charge in [-0.1, -0.05) is 0 Å². The summed E-state index contributed by atoms with van der Waals surface area (Å²) in [6, 6.07) is 7.98. The zero-order chi connectivity index (χ0) is 26.1. The van der Waals surface area contributed by atoms with Crippen molar-refractivity contribution in [1.82, 2.24) is 10.6 Å². The SMILES string of the molecule is CC(=O)N[C@@H](Cc1cc(F)cc(F)c1)[C@H](O)CN[C@H]1CC2(COC2)Oc2ccc(OC(C)(C)C)cc21. The Morgan fingerprint density at radius 1 is 1.19 bits per heavy atom. The van der Waals surface area contributed by atoms with Crippen molar-refractivity contribution in [2.75, 3.05) is 19.8 Å². The molecule has 3 N–H and O–H groups in total. The van der Waals surface area contributed by atoms with Gasteiger partial charge < -0.3 is 30.0 Å². The summed E-state index contributed by atoms with van der Waals surface area (Å²) in [5.74, 6) is -0.325. The summed E-state index contributed by atoms with van der Waals surface area (Å²) in [7, 11) is 0. The molecule has 1 amide bonds. The van der Waals surface area contributed by atoms with Gasteiger partial charge >= 0.3 is 0 Å². The Labute approximate surface area is 210 Å². The van der Waals surface area contributed by atoms with E-state index in [-0.39, 0.29) is 30.5 Å². The highest BCUT2D eigenvalue weighted by atomic mass is 19.1. The number of aliphatic hydroxyl groups is 1. The van der Waals surface area contributed by atoms with Crippen LogP contribution in [0, 0.1) is 11.6 Å². The molecule has 0 saturated carbocycles. The van der Waals surface area contributed by atoms with Crippen LogP contribution in [0.4, 0.5) is 8.78 Å². The minimum atomic E-state index is -1.02. The van der Waals surface area contributed by atoms with Gasteiger partial charge in [0.05, 0.1) is 25.4 Å². The molecule has 3 atom stereocenters. The van der Waals surface area contributed by atoms with Crippen LogP contribution in [0.1, 0.15) is 51.3 Å². The van der Waals surface area contributed by atoms with E-state index in [1.807, 2.05) is 39.0 Å². The van der Waals surface area contributed by atoms with Crippen LogP contribution in [-0.4, -0.2) is 54.1 Å². The van der Waals surface area contributed by atoms with Gasteiger partial charge in [-0.05, 0) is 63.1 Å². The van der Waals surface area contributed by atoms with Crippen LogP contribution in [0.3, 0.4) is 0 Å². The highest BCUT2D eigenvalue weighted by Crippen LogP contribution is 2.44. The number of amides is 1. The first-order chi connectivity index (χ1) is 16.9. The minimum absolute atomic E-state index is 0.0722. The first-order valence-corrected chi connectivity index (χ1v) is 12.1. The molecule has 2 aliphatic rings. The summed E-state index contributed by atoms with van der Waals surface area (Å²) in [6.07, 6.45) is -0.317. The molecule has 36 heavy (non-hydrogen) atoms. The number of halogens is 2. The lowest BCUT2D eigenvalue weighted by Crippen LogP contribution is -2.58. The van der Waals surface area contributed by atoms with Gasteiger partial charge in [-0.15, -0.1) is 0 Å². The van der Waals surface area contributed by atoms with Crippen molar-refractivity contribution in [3.05, 3.63) is 59.2 Å². The Morgan fingerprint density at radius 2 is 1.89 bits per heavy atom. The number of benzene rings is 2. The fourth-order valence-corrected chi connectivity index (χ4v) is 4.69. The van der Waals surface area contributed by atoms with E-state index in [1.54, 1.807) is 0 Å². The zero-order valence-corrected chi connectivity index (χ0v) is 21.1. The number of ether oxygens (including phenoxy) is 3. The predicted octanol–water partition coefficient (Wildman–Crippen LogP) is 3.43. The number of hydrogen-bond acceptors (Lipinski definition) is 6. The highest BCUT2D eigenvalue weighted by Gasteiger charge is 2.47. The van der Waals surface area contributed by atoms with Crippen molar-refractivity contribution in [2.45, 2.75) is 69.9 Å². The third-order valence-electron chi connectivity index (χ3n) is 6.22. The summed E-state index contributed by atoms with van der Waals surface area (Å²) in [6.45, 7) is 8.35. The number of nitrogens with one attached hydrogen (secondary N) is 2. The molecule has 2 aliphatic heterocycles. The number of fused-ring (bicyclic) bond motifs is 1. The van der Waals surface area contributed by atoms with Crippen molar-refractivity contribution in [3.63, 3.8) is 0 Å². The third kappa shape index (κ3) is 6.52. The average Bonchev–Trinajstić information content (AvgIpc) is 2.73. The maximum Gasteiger partial charge on any atom is 0.217 e. The van der Waals surface area contributed by atoms with Crippen LogP contribution in [0.15, 0.2) is 36.4 Å². The summed E-state index contributed by atoms with van der Waals surface area (Å²) in [5, 5.41) is 17.1. The van der Waals surface area contributed by atoms with Crippen LogP contribution in [0.25, 0.3) is 0 Å². The predicted molar refractivity (Wildman–Crippen MR) is 130 cm³/mol. The lowest BCUT2D eigenvalue weighted by atomic mass is 9.85. The second kappa shape index (κ2) is 10.3. The van der Waals surface area contributed by atoms with Gasteiger partial charge in [-0.25, -0.2) is 8.78 Å². The molecule has 9 heteroatoms.